The van der Waals surface area contributed by atoms with Crippen LogP contribution >= 0.6 is 0 Å². The van der Waals surface area contributed by atoms with E-state index in [2.05, 4.69) is 67.7 Å². The van der Waals surface area contributed by atoms with Crippen molar-refractivity contribution in [3.05, 3.63) is 173 Å². The number of esters is 3. The van der Waals surface area contributed by atoms with Gasteiger partial charge in [-0.05, 0) is 82.3 Å². The molecule has 0 saturated heterocycles. The van der Waals surface area contributed by atoms with Gasteiger partial charge in [-0.15, -0.1) is 0 Å². The molecule has 0 aromatic heterocycles. The lowest BCUT2D eigenvalue weighted by Crippen LogP contribution is -2.45. The van der Waals surface area contributed by atoms with Gasteiger partial charge in [0.1, 0.15) is 11.5 Å². The topological polar surface area (TPSA) is 118 Å². The highest BCUT2D eigenvalue weighted by atomic mass is 28.4. The summed E-state index contributed by atoms with van der Waals surface area (Å²) in [6.45, 7) is 21.6. The first-order valence-corrected chi connectivity index (χ1v) is 26.7. The Kier molecular flexibility index (Phi) is 15.2. The number of carbonyl (C=O) groups is 3. The minimum atomic E-state index is -2.35. The summed E-state index contributed by atoms with van der Waals surface area (Å²) < 4.78 is 31.2. The molecule has 5 aromatic carbocycles. The predicted molar refractivity (Wildman–Crippen MR) is 249 cm³/mol. The Bertz CT molecular complexity index is 2200. The van der Waals surface area contributed by atoms with Crippen LogP contribution in [-0.2, 0) is 28.6 Å². The third-order valence-electron chi connectivity index (χ3n) is 11.6. The van der Waals surface area contributed by atoms with Gasteiger partial charge in [-0.2, -0.15) is 0 Å². The van der Waals surface area contributed by atoms with Crippen LogP contribution in [0.25, 0.3) is 6.08 Å². The summed E-state index contributed by atoms with van der Waals surface area (Å²) in [6.07, 6.45) is -3.64. The molecule has 326 valence electrons. The van der Waals surface area contributed by atoms with E-state index in [1.54, 1.807) is 103 Å². The van der Waals surface area contributed by atoms with Gasteiger partial charge in [0, 0.05) is 6.08 Å². The average Bonchev–Trinajstić information content (AvgIpc) is 3.23. The van der Waals surface area contributed by atoms with Crippen LogP contribution in [-0.4, -0.2) is 51.9 Å². The van der Waals surface area contributed by atoms with Crippen molar-refractivity contribution in [1.82, 2.24) is 0 Å². The third kappa shape index (κ3) is 12.2. The minimum Gasteiger partial charge on any atom is -0.541 e. The Hall–Kier alpha value is -5.76. The van der Waals surface area contributed by atoms with Crippen LogP contribution in [0.1, 0.15) is 81.6 Å². The summed E-state index contributed by atoms with van der Waals surface area (Å²) in [5.74, 6) is -2.16. The Labute approximate surface area is 368 Å². The van der Waals surface area contributed by atoms with Crippen LogP contribution < -0.4 is 8.85 Å². The molecule has 1 N–H and O–H groups in total. The third-order valence-corrected chi connectivity index (χ3v) is 20.3. The Balaban J connectivity index is 1.48. The molecule has 5 aromatic rings. The van der Waals surface area contributed by atoms with E-state index in [-0.39, 0.29) is 10.1 Å². The SMILES string of the molecule is CC(C)(C)[Si](C)(C)Oc1ccc(/C=C/C(=O)O[C@@H](C(=O)OC(c2ccccc2)c2ccccc2)[C@@H](O)C(=O)OC(c2ccccc2)c2ccccc2)cc1O[Si](C)(C)C(C)(C)C. The van der Waals surface area contributed by atoms with Gasteiger partial charge >= 0.3 is 17.9 Å². The molecule has 0 unspecified atom stereocenters. The van der Waals surface area contributed by atoms with Crippen LogP contribution in [0.15, 0.2) is 146 Å². The smallest absolute Gasteiger partial charge is 0.351 e. The van der Waals surface area contributed by atoms with Gasteiger partial charge in [-0.1, -0.05) is 169 Å². The molecule has 0 saturated carbocycles. The summed E-state index contributed by atoms with van der Waals surface area (Å²) >= 11 is 0. The lowest BCUT2D eigenvalue weighted by atomic mass is 10.0. The highest BCUT2D eigenvalue weighted by molar-refractivity contribution is 6.75. The van der Waals surface area contributed by atoms with E-state index in [0.29, 0.717) is 39.3 Å². The lowest BCUT2D eigenvalue weighted by Gasteiger charge is -2.39. The minimum absolute atomic E-state index is 0.0650. The van der Waals surface area contributed by atoms with E-state index < -0.39 is 59.0 Å². The quantitative estimate of drug-likeness (QED) is 0.0447. The van der Waals surface area contributed by atoms with Gasteiger partial charge in [0.25, 0.3) is 16.6 Å². The van der Waals surface area contributed by atoms with Crippen molar-refractivity contribution >= 4 is 40.6 Å². The Morgan fingerprint density at radius 2 is 0.887 bits per heavy atom. The fraction of sp³-hybridized carbons (Fsp3) is 0.314. The number of aliphatic hydroxyl groups is 1. The van der Waals surface area contributed by atoms with Gasteiger partial charge in [0.15, 0.2) is 18.3 Å². The zero-order valence-corrected chi connectivity index (χ0v) is 39.5. The van der Waals surface area contributed by atoms with Crippen molar-refractivity contribution in [1.29, 1.82) is 0 Å². The van der Waals surface area contributed by atoms with E-state index in [9.17, 15) is 19.5 Å². The van der Waals surface area contributed by atoms with E-state index in [4.69, 9.17) is 23.1 Å². The molecule has 0 spiro atoms. The molecule has 0 heterocycles. The van der Waals surface area contributed by atoms with Crippen molar-refractivity contribution in [2.75, 3.05) is 0 Å². The van der Waals surface area contributed by atoms with E-state index in [1.165, 1.54) is 6.08 Å². The van der Waals surface area contributed by atoms with Gasteiger partial charge in [-0.3, -0.25) is 0 Å². The van der Waals surface area contributed by atoms with Gasteiger partial charge in [-0.25, -0.2) is 14.4 Å². The predicted octanol–water partition coefficient (Wildman–Crippen LogP) is 11.4. The second-order valence-electron chi connectivity index (χ2n) is 18.3. The second kappa shape index (κ2) is 20.0. The zero-order chi connectivity index (χ0) is 45.3. The molecule has 0 bridgehead atoms. The standard InChI is InChI=1S/C51H60O9Si2/c1-50(2,3)61(7,8)59-41-33-31-36(35-42(41)60-62(9,10)51(4,5)6)32-34-43(52)56-47(49(55)58-46(39-27-19-13-20-28-39)40-29-21-14-22-30-40)44(53)48(54)57-45(37-23-15-11-16-24-37)38-25-17-12-18-26-38/h11-35,44-47,53H,1-10H3/b34-32+/t44-,47-/m1/s1. The highest BCUT2D eigenvalue weighted by Gasteiger charge is 2.43. The van der Waals surface area contributed by atoms with Crippen molar-refractivity contribution < 1.29 is 42.6 Å². The number of hydrogen-bond acceptors (Lipinski definition) is 9. The van der Waals surface area contributed by atoms with Gasteiger partial charge in [0.05, 0.1) is 0 Å². The molecule has 5 rings (SSSR count). The number of carbonyl (C=O) groups excluding carboxylic acids is 3. The number of aliphatic hydroxyl groups excluding tert-OH is 1. The monoisotopic (exact) mass is 872 g/mol. The van der Waals surface area contributed by atoms with Crippen LogP contribution in [0.5, 0.6) is 11.5 Å². The first-order valence-electron chi connectivity index (χ1n) is 20.9. The number of benzene rings is 5. The van der Waals surface area contributed by atoms with E-state index in [0.717, 1.165) is 6.08 Å². The average molecular weight is 873 g/mol. The maximum atomic E-state index is 14.2. The van der Waals surface area contributed by atoms with Crippen molar-refractivity contribution in [2.45, 2.75) is 102 Å². The summed E-state index contributed by atoms with van der Waals surface area (Å²) in [4.78, 5) is 41.9. The van der Waals surface area contributed by atoms with Gasteiger partial charge < -0.3 is 28.2 Å². The molecular formula is C51H60O9Si2. The fourth-order valence-electron chi connectivity index (χ4n) is 5.88. The largest absolute Gasteiger partial charge is 0.541 e. The molecule has 0 fully saturated rings. The Morgan fingerprint density at radius 3 is 1.27 bits per heavy atom. The first kappa shape index (κ1) is 47.3. The number of rotatable bonds is 16. The molecule has 62 heavy (non-hydrogen) atoms. The molecular weight excluding hydrogens is 813 g/mol. The lowest BCUT2D eigenvalue weighted by molar-refractivity contribution is -0.185. The van der Waals surface area contributed by atoms with Crippen LogP contribution in [0.4, 0.5) is 0 Å². The Morgan fingerprint density at radius 1 is 0.516 bits per heavy atom. The van der Waals surface area contributed by atoms with Crippen LogP contribution in [0.3, 0.4) is 0 Å². The van der Waals surface area contributed by atoms with E-state index >= 15 is 0 Å². The summed E-state index contributed by atoms with van der Waals surface area (Å²) in [5, 5.41) is 11.5. The number of ether oxygens (including phenoxy) is 3. The maximum Gasteiger partial charge on any atom is 0.351 e. The molecule has 0 aliphatic carbocycles. The number of hydrogen-bond donors (Lipinski definition) is 1. The van der Waals surface area contributed by atoms with Crippen LogP contribution in [0, 0.1) is 0 Å². The summed E-state index contributed by atoms with van der Waals surface area (Å²) in [7, 11) is -4.61. The normalized spacial score (nSPS) is 13.4. The molecule has 0 radical (unpaired) electrons. The summed E-state index contributed by atoms with van der Waals surface area (Å²) in [6, 6.07) is 41.5. The molecule has 0 aliphatic rings. The molecule has 0 aliphatic heterocycles. The summed E-state index contributed by atoms with van der Waals surface area (Å²) in [5.41, 5.74) is 3.10. The van der Waals surface area contributed by atoms with Gasteiger partial charge in [0.2, 0.25) is 6.10 Å². The maximum absolute atomic E-state index is 14.2. The van der Waals surface area contributed by atoms with E-state index in [1.807, 2.05) is 36.4 Å². The molecule has 11 heteroatoms. The van der Waals surface area contributed by atoms with Crippen molar-refractivity contribution in [2.24, 2.45) is 0 Å². The molecule has 9 nitrogen and oxygen atoms in total. The fourth-order valence-corrected chi connectivity index (χ4v) is 7.92. The molecule has 0 amide bonds. The molecule has 2 atom stereocenters. The zero-order valence-electron chi connectivity index (χ0n) is 37.5. The van der Waals surface area contributed by atoms with Crippen molar-refractivity contribution in [3.8, 4) is 11.5 Å². The first-order chi connectivity index (χ1) is 29.2. The highest BCUT2D eigenvalue weighted by Crippen LogP contribution is 2.44. The second-order valence-corrected chi connectivity index (χ2v) is 27.8. The van der Waals surface area contributed by atoms with Crippen molar-refractivity contribution in [3.63, 3.8) is 0 Å². The van der Waals surface area contributed by atoms with Crippen LogP contribution in [0.2, 0.25) is 36.3 Å².